The molecule has 1 heterocycles. The van der Waals surface area contributed by atoms with Crippen LogP contribution in [0, 0.1) is 0 Å². The van der Waals surface area contributed by atoms with Crippen LogP contribution in [0.3, 0.4) is 0 Å². The molecule has 0 radical (unpaired) electrons. The Labute approximate surface area is 55.9 Å². The number of amidine groups is 1. The zero-order chi connectivity index (χ0) is 6.85. The number of rotatable bonds is 1. The second kappa shape index (κ2) is 2.21. The van der Waals surface area contributed by atoms with Gasteiger partial charge in [-0.25, -0.2) is 0 Å². The van der Waals surface area contributed by atoms with E-state index in [1.807, 2.05) is 6.92 Å². The molecule has 9 heavy (non-hydrogen) atoms. The van der Waals surface area contributed by atoms with Crippen LogP contribution in [-0.4, -0.2) is 23.8 Å². The van der Waals surface area contributed by atoms with E-state index in [4.69, 9.17) is 0 Å². The van der Waals surface area contributed by atoms with E-state index < -0.39 is 0 Å². The zero-order valence-electron chi connectivity index (χ0n) is 6.02. The Balaban J connectivity index is 2.67. The number of aliphatic imine (C=N–C) groups is 1. The summed E-state index contributed by atoms with van der Waals surface area (Å²) in [5.41, 5.74) is 1.12. The van der Waals surface area contributed by atoms with Crippen LogP contribution in [0.4, 0.5) is 0 Å². The van der Waals surface area contributed by atoms with Crippen molar-refractivity contribution in [3.63, 3.8) is 0 Å². The minimum absolute atomic E-state index is 0.791. The summed E-state index contributed by atoms with van der Waals surface area (Å²) in [7, 11) is 0. The number of likely N-dealkylation sites (N-methyl/N-ethyl adjacent to an activating group) is 1. The van der Waals surface area contributed by atoms with Crippen molar-refractivity contribution in [2.75, 3.05) is 13.1 Å². The maximum Gasteiger partial charge on any atom is 0.100 e. The molecule has 1 rings (SSSR count). The Kier molecular flexibility index (Phi) is 1.56. The minimum Gasteiger partial charge on any atom is -0.333 e. The summed E-state index contributed by atoms with van der Waals surface area (Å²) in [6.45, 7) is 9.78. The molecule has 1 aliphatic heterocycles. The molecule has 0 saturated carbocycles. The standard InChI is InChI=1S/C7H12N2/c1-4-9-6(2)5-8-7(9)3/h2,4-5H2,1,3H3. The van der Waals surface area contributed by atoms with Gasteiger partial charge >= 0.3 is 0 Å². The van der Waals surface area contributed by atoms with Crippen LogP contribution in [0.5, 0.6) is 0 Å². The van der Waals surface area contributed by atoms with Gasteiger partial charge in [-0.3, -0.25) is 4.99 Å². The largest absolute Gasteiger partial charge is 0.333 e. The number of hydrogen-bond donors (Lipinski definition) is 0. The van der Waals surface area contributed by atoms with Crippen molar-refractivity contribution >= 4 is 5.84 Å². The van der Waals surface area contributed by atoms with E-state index in [1.54, 1.807) is 0 Å². The van der Waals surface area contributed by atoms with Gasteiger partial charge in [0, 0.05) is 12.2 Å². The summed E-state index contributed by atoms with van der Waals surface area (Å²) in [6, 6.07) is 0. The second-order valence-electron chi connectivity index (χ2n) is 2.17. The first kappa shape index (κ1) is 6.33. The molecule has 2 heteroatoms. The highest BCUT2D eigenvalue weighted by molar-refractivity contribution is 5.83. The number of hydrogen-bond acceptors (Lipinski definition) is 2. The molecule has 0 bridgehead atoms. The lowest BCUT2D eigenvalue weighted by Gasteiger charge is -2.15. The van der Waals surface area contributed by atoms with E-state index in [0.29, 0.717) is 0 Å². The zero-order valence-corrected chi connectivity index (χ0v) is 6.02. The fourth-order valence-electron chi connectivity index (χ4n) is 1.06. The average molecular weight is 124 g/mol. The molecule has 0 N–H and O–H groups in total. The molecule has 0 aromatic heterocycles. The van der Waals surface area contributed by atoms with E-state index >= 15 is 0 Å². The summed E-state index contributed by atoms with van der Waals surface area (Å²) in [4.78, 5) is 6.34. The Morgan fingerprint density at radius 2 is 2.44 bits per heavy atom. The van der Waals surface area contributed by atoms with Crippen molar-refractivity contribution in [1.82, 2.24) is 4.90 Å². The smallest absolute Gasteiger partial charge is 0.100 e. The Morgan fingerprint density at radius 1 is 1.78 bits per heavy atom. The molecule has 0 saturated heterocycles. The lowest BCUT2D eigenvalue weighted by atomic mass is 10.4. The Morgan fingerprint density at radius 3 is 2.67 bits per heavy atom. The van der Waals surface area contributed by atoms with E-state index in [-0.39, 0.29) is 0 Å². The highest BCUT2D eigenvalue weighted by Gasteiger charge is 2.13. The van der Waals surface area contributed by atoms with Gasteiger partial charge in [0.25, 0.3) is 0 Å². The fourth-order valence-corrected chi connectivity index (χ4v) is 1.06. The summed E-state index contributed by atoms with van der Waals surface area (Å²) in [6.07, 6.45) is 0. The third-order valence-corrected chi connectivity index (χ3v) is 1.58. The van der Waals surface area contributed by atoms with Crippen molar-refractivity contribution < 1.29 is 0 Å². The first-order chi connectivity index (χ1) is 4.25. The second-order valence-corrected chi connectivity index (χ2v) is 2.17. The Bertz CT molecular complexity index is 158. The quantitative estimate of drug-likeness (QED) is 0.513. The van der Waals surface area contributed by atoms with Gasteiger partial charge in [0.1, 0.15) is 5.84 Å². The topological polar surface area (TPSA) is 15.6 Å². The van der Waals surface area contributed by atoms with E-state index in [2.05, 4.69) is 23.4 Å². The summed E-state index contributed by atoms with van der Waals surface area (Å²) in [5, 5.41) is 0. The summed E-state index contributed by atoms with van der Waals surface area (Å²) in [5.74, 6) is 1.10. The molecular weight excluding hydrogens is 112 g/mol. The maximum atomic E-state index is 4.21. The summed E-state index contributed by atoms with van der Waals surface area (Å²) >= 11 is 0. The van der Waals surface area contributed by atoms with E-state index in [9.17, 15) is 0 Å². The first-order valence-corrected chi connectivity index (χ1v) is 3.22. The highest BCUT2D eigenvalue weighted by Crippen LogP contribution is 2.10. The molecule has 0 unspecified atom stereocenters. The van der Waals surface area contributed by atoms with Crippen molar-refractivity contribution in [2.24, 2.45) is 4.99 Å². The molecule has 0 spiro atoms. The molecule has 0 aromatic rings. The molecule has 0 fully saturated rings. The molecule has 0 aliphatic carbocycles. The van der Waals surface area contributed by atoms with Crippen LogP contribution in [0.15, 0.2) is 17.3 Å². The van der Waals surface area contributed by atoms with Gasteiger partial charge in [-0.15, -0.1) is 0 Å². The maximum absolute atomic E-state index is 4.21. The van der Waals surface area contributed by atoms with Gasteiger partial charge in [0.15, 0.2) is 0 Å². The molecular formula is C7H12N2. The monoisotopic (exact) mass is 124 g/mol. The summed E-state index contributed by atoms with van der Waals surface area (Å²) < 4.78 is 0. The molecule has 50 valence electrons. The van der Waals surface area contributed by atoms with Crippen molar-refractivity contribution in [3.8, 4) is 0 Å². The van der Waals surface area contributed by atoms with Crippen LogP contribution < -0.4 is 0 Å². The van der Waals surface area contributed by atoms with E-state index in [1.165, 1.54) is 0 Å². The van der Waals surface area contributed by atoms with Gasteiger partial charge < -0.3 is 4.90 Å². The molecule has 2 nitrogen and oxygen atoms in total. The van der Waals surface area contributed by atoms with Crippen LogP contribution in [0.25, 0.3) is 0 Å². The third kappa shape index (κ3) is 0.969. The van der Waals surface area contributed by atoms with Gasteiger partial charge in [0.05, 0.1) is 6.54 Å². The predicted molar refractivity (Wildman–Crippen MR) is 39.5 cm³/mol. The normalized spacial score (nSPS) is 18.7. The molecule has 0 amide bonds. The van der Waals surface area contributed by atoms with Crippen LogP contribution in [0.1, 0.15) is 13.8 Å². The minimum atomic E-state index is 0.791. The van der Waals surface area contributed by atoms with Gasteiger partial charge in [-0.05, 0) is 13.8 Å². The molecule has 0 aromatic carbocycles. The fraction of sp³-hybridized carbons (Fsp3) is 0.571. The third-order valence-electron chi connectivity index (χ3n) is 1.58. The average Bonchev–Trinajstić information content (AvgIpc) is 2.12. The Hall–Kier alpha value is -0.790. The first-order valence-electron chi connectivity index (χ1n) is 3.22. The predicted octanol–water partition coefficient (Wildman–Crippen LogP) is 1.25. The van der Waals surface area contributed by atoms with E-state index in [0.717, 1.165) is 24.6 Å². The van der Waals surface area contributed by atoms with Gasteiger partial charge in [-0.2, -0.15) is 0 Å². The molecule has 1 aliphatic rings. The van der Waals surface area contributed by atoms with Crippen molar-refractivity contribution in [3.05, 3.63) is 12.3 Å². The van der Waals surface area contributed by atoms with Crippen LogP contribution in [-0.2, 0) is 0 Å². The SMILES string of the molecule is C=C1CN=C(C)N1CC. The van der Waals surface area contributed by atoms with Crippen molar-refractivity contribution in [1.29, 1.82) is 0 Å². The van der Waals surface area contributed by atoms with Crippen LogP contribution >= 0.6 is 0 Å². The lowest BCUT2D eigenvalue weighted by molar-refractivity contribution is 0.560. The van der Waals surface area contributed by atoms with Crippen molar-refractivity contribution in [2.45, 2.75) is 13.8 Å². The van der Waals surface area contributed by atoms with Gasteiger partial charge in [-0.1, -0.05) is 6.58 Å². The number of nitrogens with zero attached hydrogens (tertiary/aromatic N) is 2. The van der Waals surface area contributed by atoms with Crippen LogP contribution in [0.2, 0.25) is 0 Å². The lowest BCUT2D eigenvalue weighted by Crippen LogP contribution is -2.22. The molecule has 0 atom stereocenters. The van der Waals surface area contributed by atoms with Gasteiger partial charge in [0.2, 0.25) is 0 Å². The highest BCUT2D eigenvalue weighted by atomic mass is 15.2.